The van der Waals surface area contributed by atoms with Crippen LogP contribution in [0, 0.1) is 12.8 Å². The van der Waals surface area contributed by atoms with Crippen LogP contribution in [0.1, 0.15) is 17.3 Å². The van der Waals surface area contributed by atoms with E-state index in [0.29, 0.717) is 5.92 Å². The van der Waals surface area contributed by atoms with Crippen molar-refractivity contribution in [1.29, 1.82) is 0 Å². The van der Waals surface area contributed by atoms with Crippen LogP contribution in [-0.2, 0) is 0 Å². The summed E-state index contributed by atoms with van der Waals surface area (Å²) in [6.07, 6.45) is 13.0. The monoisotopic (exact) mass is 443 g/mol. The molecule has 2 aliphatic rings. The maximum atomic E-state index is 4.56. The summed E-state index contributed by atoms with van der Waals surface area (Å²) in [6.45, 7) is 2.20. The Kier molecular flexibility index (Phi) is 4.05. The van der Waals surface area contributed by atoms with Gasteiger partial charge in [0.25, 0.3) is 0 Å². The highest BCUT2D eigenvalue weighted by Gasteiger charge is 2.28. The van der Waals surface area contributed by atoms with Crippen LogP contribution in [0.4, 0.5) is 0 Å². The third kappa shape index (κ3) is 2.81. The molecule has 1 aliphatic heterocycles. The summed E-state index contributed by atoms with van der Waals surface area (Å²) in [7, 11) is 0. The molecule has 0 saturated heterocycles. The van der Waals surface area contributed by atoms with E-state index in [2.05, 4.69) is 119 Å². The molecule has 3 nitrogen and oxygen atoms in total. The van der Waals surface area contributed by atoms with Gasteiger partial charge in [0.15, 0.2) is 5.82 Å². The summed E-state index contributed by atoms with van der Waals surface area (Å²) < 4.78 is 4.86. The SMILES string of the molecule is Cc1cccc2c1sc1c(-c3ccc(-c4nnc5n4C=CC4C=CC=CC54)cc3)cccc12. The van der Waals surface area contributed by atoms with Crippen LogP contribution in [-0.4, -0.2) is 14.8 Å². The molecule has 3 aromatic carbocycles. The summed E-state index contributed by atoms with van der Waals surface area (Å²) >= 11 is 1.89. The molecular formula is C29H21N3S. The first kappa shape index (κ1) is 18.8. The third-order valence-corrected chi connectivity index (χ3v) is 8.22. The number of aryl methyl sites for hydroxylation is 1. The smallest absolute Gasteiger partial charge is 0.168 e. The van der Waals surface area contributed by atoms with Gasteiger partial charge in [0.1, 0.15) is 5.82 Å². The molecule has 1 aliphatic carbocycles. The molecule has 0 bridgehead atoms. The lowest BCUT2D eigenvalue weighted by molar-refractivity contribution is 0.629. The Morgan fingerprint density at radius 2 is 1.52 bits per heavy atom. The molecule has 2 aromatic heterocycles. The topological polar surface area (TPSA) is 30.7 Å². The van der Waals surface area contributed by atoms with E-state index in [1.165, 1.54) is 36.9 Å². The number of thiophene rings is 1. The molecule has 0 saturated carbocycles. The summed E-state index contributed by atoms with van der Waals surface area (Å²) in [6, 6.07) is 22.0. The zero-order valence-corrected chi connectivity index (χ0v) is 19.0. The predicted octanol–water partition coefficient (Wildman–Crippen LogP) is 7.60. The van der Waals surface area contributed by atoms with Crippen molar-refractivity contribution >= 4 is 37.7 Å². The van der Waals surface area contributed by atoms with E-state index in [4.69, 9.17) is 0 Å². The van der Waals surface area contributed by atoms with E-state index in [-0.39, 0.29) is 5.92 Å². The van der Waals surface area contributed by atoms with Gasteiger partial charge in [-0.1, -0.05) is 91.0 Å². The van der Waals surface area contributed by atoms with E-state index in [9.17, 15) is 0 Å². The van der Waals surface area contributed by atoms with Gasteiger partial charge in [-0.05, 0) is 23.6 Å². The van der Waals surface area contributed by atoms with Gasteiger partial charge in [-0.15, -0.1) is 21.5 Å². The van der Waals surface area contributed by atoms with Gasteiger partial charge >= 0.3 is 0 Å². The largest absolute Gasteiger partial charge is 0.286 e. The highest BCUT2D eigenvalue weighted by Crippen LogP contribution is 2.41. The van der Waals surface area contributed by atoms with Gasteiger partial charge in [-0.25, -0.2) is 0 Å². The van der Waals surface area contributed by atoms with Crippen LogP contribution in [0.3, 0.4) is 0 Å². The second-order valence-electron chi connectivity index (χ2n) is 8.78. The predicted molar refractivity (Wildman–Crippen MR) is 138 cm³/mol. The molecule has 0 N–H and O–H groups in total. The quantitative estimate of drug-likeness (QED) is 0.281. The highest BCUT2D eigenvalue weighted by atomic mass is 32.1. The molecule has 0 fully saturated rings. The number of fused-ring (bicyclic) bond motifs is 6. The molecule has 2 atom stereocenters. The van der Waals surface area contributed by atoms with E-state index in [1.54, 1.807) is 0 Å². The third-order valence-electron chi connectivity index (χ3n) is 6.83. The Labute approximate surface area is 196 Å². The first-order valence-electron chi connectivity index (χ1n) is 11.3. The highest BCUT2D eigenvalue weighted by molar-refractivity contribution is 7.26. The maximum absolute atomic E-state index is 4.56. The second kappa shape index (κ2) is 7.12. The van der Waals surface area contributed by atoms with Crippen molar-refractivity contribution in [2.45, 2.75) is 12.8 Å². The molecule has 158 valence electrons. The minimum Gasteiger partial charge on any atom is -0.286 e. The number of rotatable bonds is 2. The van der Waals surface area contributed by atoms with Crippen molar-refractivity contribution in [2.75, 3.05) is 0 Å². The first-order chi connectivity index (χ1) is 16.3. The minimum atomic E-state index is 0.259. The number of benzene rings is 3. The van der Waals surface area contributed by atoms with Crippen LogP contribution in [0.15, 0.2) is 91.0 Å². The van der Waals surface area contributed by atoms with Crippen molar-refractivity contribution in [2.24, 2.45) is 5.92 Å². The molecule has 2 unspecified atom stereocenters. The van der Waals surface area contributed by atoms with Crippen LogP contribution < -0.4 is 0 Å². The Balaban J connectivity index is 1.30. The summed E-state index contributed by atoms with van der Waals surface area (Å²) in [5.74, 6) is 2.53. The standard InChI is InChI=1S/C29H21N3S/c1-18-6-4-10-24-25-11-5-9-22(27(25)33-26(18)24)20-12-14-21(15-13-20)28-30-31-29-23-8-3-2-7-19(23)16-17-32(28)29/h2-17,19,23H,1H3. The average Bonchev–Trinajstić information content (AvgIpc) is 3.47. The molecule has 0 amide bonds. The number of nitrogens with zero attached hydrogens (tertiary/aromatic N) is 3. The van der Waals surface area contributed by atoms with E-state index >= 15 is 0 Å². The van der Waals surface area contributed by atoms with Gasteiger partial charge in [-0.2, -0.15) is 0 Å². The average molecular weight is 444 g/mol. The van der Waals surface area contributed by atoms with Gasteiger partial charge in [0.05, 0.1) is 0 Å². The molecule has 4 heteroatoms. The van der Waals surface area contributed by atoms with Crippen LogP contribution in [0.5, 0.6) is 0 Å². The van der Waals surface area contributed by atoms with Crippen molar-refractivity contribution in [3.8, 4) is 22.5 Å². The fourth-order valence-electron chi connectivity index (χ4n) is 5.11. The van der Waals surface area contributed by atoms with Crippen molar-refractivity contribution in [3.63, 3.8) is 0 Å². The van der Waals surface area contributed by atoms with E-state index in [0.717, 1.165) is 17.2 Å². The van der Waals surface area contributed by atoms with Crippen LogP contribution >= 0.6 is 11.3 Å². The lowest BCUT2D eigenvalue weighted by Gasteiger charge is -2.24. The molecule has 33 heavy (non-hydrogen) atoms. The normalized spacial score (nSPS) is 18.7. The molecule has 7 rings (SSSR count). The van der Waals surface area contributed by atoms with E-state index < -0.39 is 0 Å². The van der Waals surface area contributed by atoms with Crippen molar-refractivity contribution in [3.05, 3.63) is 102 Å². The fraction of sp³-hybridized carbons (Fsp3) is 0.103. The molecular weight excluding hydrogens is 422 g/mol. The number of allylic oxidation sites excluding steroid dienone is 5. The Morgan fingerprint density at radius 1 is 0.758 bits per heavy atom. The number of hydrogen-bond donors (Lipinski definition) is 0. The van der Waals surface area contributed by atoms with E-state index in [1.807, 2.05) is 11.3 Å². The van der Waals surface area contributed by atoms with Crippen LogP contribution in [0.25, 0.3) is 48.9 Å². The summed E-state index contributed by atoms with van der Waals surface area (Å²) in [4.78, 5) is 0. The zero-order valence-electron chi connectivity index (χ0n) is 18.1. The lowest BCUT2D eigenvalue weighted by atomic mass is 9.86. The molecule has 5 aromatic rings. The van der Waals surface area contributed by atoms with Gasteiger partial charge in [0, 0.05) is 43.8 Å². The van der Waals surface area contributed by atoms with Gasteiger partial charge < -0.3 is 0 Å². The Hall–Kier alpha value is -3.76. The van der Waals surface area contributed by atoms with Crippen LogP contribution in [0.2, 0.25) is 0 Å². The molecule has 0 spiro atoms. The Morgan fingerprint density at radius 3 is 2.39 bits per heavy atom. The molecule has 3 heterocycles. The summed E-state index contributed by atoms with van der Waals surface area (Å²) in [5.41, 5.74) is 4.92. The number of aromatic nitrogens is 3. The second-order valence-corrected chi connectivity index (χ2v) is 9.80. The number of hydrogen-bond acceptors (Lipinski definition) is 3. The van der Waals surface area contributed by atoms with Gasteiger partial charge in [0.2, 0.25) is 0 Å². The fourth-order valence-corrected chi connectivity index (χ4v) is 6.42. The maximum Gasteiger partial charge on any atom is 0.168 e. The van der Waals surface area contributed by atoms with Crippen molar-refractivity contribution in [1.82, 2.24) is 14.8 Å². The Bertz CT molecular complexity index is 1630. The summed E-state index contributed by atoms with van der Waals surface area (Å²) in [5, 5.41) is 11.8. The minimum absolute atomic E-state index is 0.259. The first-order valence-corrected chi connectivity index (χ1v) is 12.1. The lowest BCUT2D eigenvalue weighted by Crippen LogP contribution is -2.17. The molecule has 0 radical (unpaired) electrons. The zero-order chi connectivity index (χ0) is 21.9. The van der Waals surface area contributed by atoms with Crippen molar-refractivity contribution < 1.29 is 0 Å². The van der Waals surface area contributed by atoms with Gasteiger partial charge in [-0.3, -0.25) is 4.57 Å².